The molecule has 2 saturated carbocycles. The number of hydrogen-bond acceptors (Lipinski definition) is 1. The Morgan fingerprint density at radius 1 is 1.43 bits per heavy atom. The van der Waals surface area contributed by atoms with Crippen molar-refractivity contribution in [2.45, 2.75) is 50.9 Å². The van der Waals surface area contributed by atoms with Crippen molar-refractivity contribution in [1.82, 2.24) is 0 Å². The van der Waals surface area contributed by atoms with Gasteiger partial charge in [-0.15, -0.1) is 0 Å². The van der Waals surface area contributed by atoms with E-state index in [9.17, 15) is 9.90 Å². The molecular weight excluding hydrogens is 260 g/mol. The molecule has 4 atom stereocenters. The Labute approximate surface area is 125 Å². The van der Waals surface area contributed by atoms with Crippen LogP contribution in [0.1, 0.15) is 60.6 Å². The lowest BCUT2D eigenvalue weighted by Gasteiger charge is -2.40. The number of aliphatic carboxylic acids is 1. The predicted octanol–water partition coefficient (Wildman–Crippen LogP) is 4.40. The molecule has 110 valence electrons. The van der Waals surface area contributed by atoms with Gasteiger partial charge in [-0.2, -0.15) is 0 Å². The van der Waals surface area contributed by atoms with Gasteiger partial charge in [0.05, 0.1) is 6.42 Å². The number of hydrogen-bond donors (Lipinski definition) is 1. The zero-order valence-corrected chi connectivity index (χ0v) is 12.6. The Hall–Kier alpha value is -1.57. The van der Waals surface area contributed by atoms with Gasteiger partial charge in [-0.3, -0.25) is 4.79 Å². The fourth-order valence-corrected chi connectivity index (χ4v) is 5.69. The van der Waals surface area contributed by atoms with Gasteiger partial charge in [-0.05, 0) is 66.5 Å². The van der Waals surface area contributed by atoms with E-state index >= 15 is 0 Å². The summed E-state index contributed by atoms with van der Waals surface area (Å²) in [6.45, 7) is 6.45. The van der Waals surface area contributed by atoms with Crippen LogP contribution in [0.2, 0.25) is 0 Å². The topological polar surface area (TPSA) is 37.3 Å². The van der Waals surface area contributed by atoms with E-state index in [0.29, 0.717) is 11.8 Å². The van der Waals surface area contributed by atoms with Gasteiger partial charge in [0.15, 0.2) is 0 Å². The van der Waals surface area contributed by atoms with Crippen LogP contribution in [-0.4, -0.2) is 11.1 Å². The predicted molar refractivity (Wildman–Crippen MR) is 82.4 cm³/mol. The van der Waals surface area contributed by atoms with E-state index in [4.69, 9.17) is 0 Å². The Morgan fingerprint density at radius 2 is 2.24 bits per heavy atom. The minimum atomic E-state index is -0.663. The summed E-state index contributed by atoms with van der Waals surface area (Å²) in [5, 5.41) is 9.45. The van der Waals surface area contributed by atoms with Crippen LogP contribution < -0.4 is 0 Å². The molecule has 1 N–H and O–H groups in total. The molecule has 0 radical (unpaired) electrons. The second-order valence-corrected chi connectivity index (χ2v) is 7.33. The summed E-state index contributed by atoms with van der Waals surface area (Å²) in [6.07, 6.45) is 4.90. The van der Waals surface area contributed by atoms with Crippen molar-refractivity contribution in [3.05, 3.63) is 47.0 Å². The average Bonchev–Trinajstić information content (AvgIpc) is 2.84. The van der Waals surface area contributed by atoms with Crippen molar-refractivity contribution >= 4 is 5.97 Å². The number of rotatable bonds is 2. The molecular formula is C19H22O2. The maximum atomic E-state index is 11.5. The minimum absolute atomic E-state index is 0.146. The second kappa shape index (κ2) is 4.22. The van der Waals surface area contributed by atoms with Gasteiger partial charge in [0.1, 0.15) is 0 Å². The van der Waals surface area contributed by atoms with Gasteiger partial charge in [-0.1, -0.05) is 30.4 Å². The van der Waals surface area contributed by atoms with Gasteiger partial charge in [0.25, 0.3) is 0 Å². The summed E-state index contributed by atoms with van der Waals surface area (Å²) < 4.78 is 0. The Morgan fingerprint density at radius 3 is 3.00 bits per heavy atom. The van der Waals surface area contributed by atoms with E-state index in [-0.39, 0.29) is 17.8 Å². The standard InChI is InChI=1S/C19H22O2/c1-11-4-3-5-14-15-7-6-13-10-19(15,9-12(13)2)16(18(11)14)8-17(20)21/h3-5,13,15-16H,2,6-10H2,1H3,(H,20,21)/t13-,15?,16?,19+/m1/s1. The van der Waals surface area contributed by atoms with Crippen molar-refractivity contribution in [2.75, 3.05) is 0 Å². The molecule has 0 heterocycles. The van der Waals surface area contributed by atoms with Gasteiger partial charge < -0.3 is 5.11 Å². The molecule has 1 aromatic rings. The highest BCUT2D eigenvalue weighted by Gasteiger charge is 2.59. The van der Waals surface area contributed by atoms with Gasteiger partial charge in [0, 0.05) is 5.92 Å². The maximum absolute atomic E-state index is 11.5. The summed E-state index contributed by atoms with van der Waals surface area (Å²) in [7, 11) is 0. The number of carboxylic acid groups (broad SMARTS) is 1. The van der Waals surface area contributed by atoms with E-state index < -0.39 is 5.97 Å². The first-order valence-corrected chi connectivity index (χ1v) is 8.02. The number of allylic oxidation sites excluding steroid dienone is 1. The largest absolute Gasteiger partial charge is 0.481 e. The molecule has 2 heteroatoms. The fourth-order valence-electron chi connectivity index (χ4n) is 5.69. The van der Waals surface area contributed by atoms with Gasteiger partial charge >= 0.3 is 5.97 Å². The van der Waals surface area contributed by atoms with Crippen LogP contribution in [0, 0.1) is 18.3 Å². The molecule has 1 aromatic carbocycles. The molecule has 0 aromatic heterocycles. The lowest BCUT2D eigenvalue weighted by atomic mass is 9.63. The highest BCUT2D eigenvalue weighted by Crippen LogP contribution is 2.71. The smallest absolute Gasteiger partial charge is 0.303 e. The van der Waals surface area contributed by atoms with E-state index in [1.165, 1.54) is 35.1 Å². The minimum Gasteiger partial charge on any atom is -0.481 e. The summed E-state index contributed by atoms with van der Waals surface area (Å²) in [6, 6.07) is 6.53. The number of fused-ring (bicyclic) bond motifs is 3. The monoisotopic (exact) mass is 282 g/mol. The zero-order valence-electron chi connectivity index (χ0n) is 12.6. The molecule has 2 fully saturated rings. The quantitative estimate of drug-likeness (QED) is 0.816. The lowest BCUT2D eigenvalue weighted by molar-refractivity contribution is -0.138. The third kappa shape index (κ3) is 1.62. The SMILES string of the molecule is C=C1C[C@]23C[C@H]1CCC2c1cccc(C)c1C3CC(=O)O. The highest BCUT2D eigenvalue weighted by molar-refractivity contribution is 5.69. The van der Waals surface area contributed by atoms with Crippen LogP contribution in [0.4, 0.5) is 0 Å². The Bertz CT molecular complexity index is 645. The number of benzene rings is 1. The summed E-state index contributed by atoms with van der Waals surface area (Å²) >= 11 is 0. The first-order chi connectivity index (χ1) is 10.0. The van der Waals surface area contributed by atoms with Crippen molar-refractivity contribution in [2.24, 2.45) is 11.3 Å². The third-order valence-corrected chi connectivity index (χ3v) is 6.41. The Kier molecular flexibility index (Phi) is 2.64. The summed E-state index contributed by atoms with van der Waals surface area (Å²) in [4.78, 5) is 11.5. The van der Waals surface area contributed by atoms with Gasteiger partial charge in [-0.25, -0.2) is 0 Å². The maximum Gasteiger partial charge on any atom is 0.303 e. The third-order valence-electron chi connectivity index (χ3n) is 6.41. The molecule has 3 aliphatic rings. The first kappa shape index (κ1) is 13.1. The molecule has 21 heavy (non-hydrogen) atoms. The first-order valence-electron chi connectivity index (χ1n) is 8.02. The lowest BCUT2D eigenvalue weighted by Crippen LogP contribution is -2.31. The summed E-state index contributed by atoms with van der Waals surface area (Å²) in [5.74, 6) is 0.696. The molecule has 2 bridgehead atoms. The van der Waals surface area contributed by atoms with E-state index in [1.807, 2.05) is 0 Å². The van der Waals surface area contributed by atoms with Gasteiger partial charge in [0.2, 0.25) is 0 Å². The molecule has 2 unspecified atom stereocenters. The molecule has 4 rings (SSSR count). The summed E-state index contributed by atoms with van der Waals surface area (Å²) in [5.41, 5.74) is 5.58. The van der Waals surface area contributed by atoms with Crippen LogP contribution >= 0.6 is 0 Å². The van der Waals surface area contributed by atoms with E-state index in [0.717, 1.165) is 12.8 Å². The molecule has 2 nitrogen and oxygen atoms in total. The molecule has 1 spiro atoms. The second-order valence-electron chi connectivity index (χ2n) is 7.33. The van der Waals surface area contributed by atoms with Crippen LogP contribution in [0.15, 0.2) is 30.4 Å². The Balaban J connectivity index is 1.91. The molecule has 0 saturated heterocycles. The van der Waals surface area contributed by atoms with Crippen molar-refractivity contribution in [3.63, 3.8) is 0 Å². The zero-order chi connectivity index (χ0) is 14.8. The van der Waals surface area contributed by atoms with Crippen molar-refractivity contribution < 1.29 is 9.90 Å². The normalized spacial score (nSPS) is 36.4. The number of carboxylic acids is 1. The van der Waals surface area contributed by atoms with Crippen LogP contribution in [-0.2, 0) is 4.79 Å². The van der Waals surface area contributed by atoms with E-state index in [1.54, 1.807) is 0 Å². The average molecular weight is 282 g/mol. The molecule has 0 aliphatic heterocycles. The van der Waals surface area contributed by atoms with Crippen LogP contribution in [0.25, 0.3) is 0 Å². The van der Waals surface area contributed by atoms with E-state index in [2.05, 4.69) is 31.7 Å². The number of aryl methyl sites for hydroxylation is 1. The van der Waals surface area contributed by atoms with Crippen LogP contribution in [0.3, 0.4) is 0 Å². The van der Waals surface area contributed by atoms with Crippen molar-refractivity contribution in [3.8, 4) is 0 Å². The fraction of sp³-hybridized carbons (Fsp3) is 0.526. The van der Waals surface area contributed by atoms with Crippen LogP contribution in [0.5, 0.6) is 0 Å². The molecule has 3 aliphatic carbocycles. The van der Waals surface area contributed by atoms with Crippen molar-refractivity contribution in [1.29, 1.82) is 0 Å². The molecule has 0 amide bonds. The number of carbonyl (C=O) groups is 1. The highest BCUT2D eigenvalue weighted by atomic mass is 16.4.